The number of carbonyl (C=O) groups is 2. The summed E-state index contributed by atoms with van der Waals surface area (Å²) in [7, 11) is 1.32. The van der Waals surface area contributed by atoms with Gasteiger partial charge in [-0.1, -0.05) is 18.2 Å². The summed E-state index contributed by atoms with van der Waals surface area (Å²) >= 11 is 0. The smallest absolute Gasteiger partial charge is 0.339 e. The lowest BCUT2D eigenvalue weighted by Crippen LogP contribution is -2.26. The first kappa shape index (κ1) is 18.4. The van der Waals surface area contributed by atoms with Crippen molar-refractivity contribution in [1.82, 2.24) is 20.1 Å². The molecule has 2 heterocycles. The number of methoxy groups -OCH3 is 1. The summed E-state index contributed by atoms with van der Waals surface area (Å²) < 4.78 is 6.57. The molecule has 0 saturated carbocycles. The molecule has 2 N–H and O–H groups in total. The highest BCUT2D eigenvalue weighted by Gasteiger charge is 2.22. The van der Waals surface area contributed by atoms with E-state index >= 15 is 0 Å². The number of aryl methyl sites for hydroxylation is 1. The van der Waals surface area contributed by atoms with Crippen LogP contribution in [0.15, 0.2) is 42.6 Å². The fraction of sp³-hybridized carbons (Fsp3) is 0.250. The molecule has 0 unspecified atom stereocenters. The number of rotatable bonds is 6. The summed E-state index contributed by atoms with van der Waals surface area (Å²) in [5, 5.41) is 7.38. The molecule has 7 nitrogen and oxygen atoms in total. The second kappa shape index (κ2) is 7.90. The van der Waals surface area contributed by atoms with Crippen LogP contribution in [0.25, 0.3) is 5.69 Å². The van der Waals surface area contributed by atoms with Gasteiger partial charge >= 0.3 is 5.97 Å². The van der Waals surface area contributed by atoms with Crippen LogP contribution in [0.4, 0.5) is 0 Å². The van der Waals surface area contributed by atoms with E-state index in [1.165, 1.54) is 7.11 Å². The van der Waals surface area contributed by atoms with E-state index in [2.05, 4.69) is 15.4 Å². The summed E-state index contributed by atoms with van der Waals surface area (Å²) in [5.41, 5.74) is 3.86. The zero-order chi connectivity index (χ0) is 19.4. The van der Waals surface area contributed by atoms with Crippen molar-refractivity contribution in [3.63, 3.8) is 0 Å². The predicted molar refractivity (Wildman–Crippen MR) is 101 cm³/mol. The van der Waals surface area contributed by atoms with Gasteiger partial charge in [-0.3, -0.25) is 4.79 Å². The van der Waals surface area contributed by atoms with Crippen molar-refractivity contribution in [1.29, 1.82) is 0 Å². The quantitative estimate of drug-likeness (QED) is 0.656. The molecule has 0 aliphatic rings. The van der Waals surface area contributed by atoms with Crippen molar-refractivity contribution in [3.8, 4) is 5.69 Å². The number of hydrogen-bond donors (Lipinski definition) is 2. The van der Waals surface area contributed by atoms with Gasteiger partial charge in [-0.25, -0.2) is 9.48 Å². The van der Waals surface area contributed by atoms with Gasteiger partial charge in [-0.05, 0) is 37.6 Å². The molecule has 0 fully saturated rings. The largest absolute Gasteiger partial charge is 0.465 e. The first-order valence-electron chi connectivity index (χ1n) is 8.67. The molecule has 0 saturated heterocycles. The molecule has 1 amide bonds. The van der Waals surface area contributed by atoms with Gasteiger partial charge in [0.1, 0.15) is 5.69 Å². The normalized spacial score (nSPS) is 10.6. The molecule has 0 aliphatic heterocycles. The van der Waals surface area contributed by atoms with E-state index in [4.69, 9.17) is 4.74 Å². The van der Waals surface area contributed by atoms with E-state index in [1.54, 1.807) is 18.5 Å². The molecule has 7 heteroatoms. The van der Waals surface area contributed by atoms with Crippen LogP contribution in [0.3, 0.4) is 0 Å². The van der Waals surface area contributed by atoms with Crippen LogP contribution in [0.5, 0.6) is 0 Å². The van der Waals surface area contributed by atoms with E-state index in [0.29, 0.717) is 35.5 Å². The lowest BCUT2D eigenvalue weighted by atomic mass is 10.1. The maximum absolute atomic E-state index is 12.4. The van der Waals surface area contributed by atoms with Gasteiger partial charge in [0.05, 0.1) is 24.1 Å². The topological polar surface area (TPSA) is 89.0 Å². The van der Waals surface area contributed by atoms with Gasteiger partial charge in [-0.15, -0.1) is 0 Å². The van der Waals surface area contributed by atoms with Crippen molar-refractivity contribution in [3.05, 3.63) is 70.8 Å². The van der Waals surface area contributed by atoms with Crippen LogP contribution in [-0.4, -0.2) is 40.3 Å². The number of hydrogen-bond acceptors (Lipinski definition) is 4. The van der Waals surface area contributed by atoms with Crippen molar-refractivity contribution < 1.29 is 14.3 Å². The van der Waals surface area contributed by atoms with Gasteiger partial charge in [0.15, 0.2) is 0 Å². The fourth-order valence-corrected chi connectivity index (χ4v) is 3.00. The number of H-pyrrole nitrogens is 1. The Kier molecular flexibility index (Phi) is 5.40. The van der Waals surface area contributed by atoms with Gasteiger partial charge in [-0.2, -0.15) is 5.10 Å². The van der Waals surface area contributed by atoms with Gasteiger partial charge < -0.3 is 15.0 Å². The zero-order valence-electron chi connectivity index (χ0n) is 15.6. The second-order valence-corrected chi connectivity index (χ2v) is 6.21. The molecular weight excluding hydrogens is 344 g/mol. The molecule has 0 spiro atoms. The highest BCUT2D eigenvalue weighted by molar-refractivity contribution is 6.00. The number of ether oxygens (including phenoxy) is 1. The lowest BCUT2D eigenvalue weighted by molar-refractivity contribution is 0.0599. The number of aromatic nitrogens is 3. The molecule has 2 aromatic heterocycles. The summed E-state index contributed by atoms with van der Waals surface area (Å²) in [6, 6.07) is 11.8. The third kappa shape index (κ3) is 3.92. The first-order valence-corrected chi connectivity index (χ1v) is 8.67. The van der Waals surface area contributed by atoms with Crippen molar-refractivity contribution in [2.75, 3.05) is 13.7 Å². The molecule has 0 bridgehead atoms. The highest BCUT2D eigenvalue weighted by Crippen LogP contribution is 2.18. The molecule has 3 aromatic rings. The summed E-state index contributed by atoms with van der Waals surface area (Å²) in [4.78, 5) is 27.2. The minimum absolute atomic E-state index is 0.256. The monoisotopic (exact) mass is 366 g/mol. The van der Waals surface area contributed by atoms with E-state index in [9.17, 15) is 9.59 Å². The van der Waals surface area contributed by atoms with Gasteiger partial charge in [0, 0.05) is 24.9 Å². The van der Waals surface area contributed by atoms with Gasteiger partial charge in [0.25, 0.3) is 5.91 Å². The third-order valence-electron chi connectivity index (χ3n) is 4.39. The number of amides is 1. The Morgan fingerprint density at radius 3 is 2.63 bits per heavy atom. The molecule has 1 aromatic carbocycles. The fourth-order valence-electron chi connectivity index (χ4n) is 3.00. The summed E-state index contributed by atoms with van der Waals surface area (Å²) in [6.07, 6.45) is 2.50. The Labute approximate surface area is 157 Å². The molecular formula is C20H22N4O3. The Hall–Kier alpha value is -3.35. The number of nitrogens with zero attached hydrogens (tertiary/aromatic N) is 2. The molecule has 3 rings (SSSR count). The summed E-state index contributed by atoms with van der Waals surface area (Å²) in [5.74, 6) is -0.708. The zero-order valence-corrected chi connectivity index (χ0v) is 15.6. The number of carbonyl (C=O) groups excluding carboxylic acids is 2. The van der Waals surface area contributed by atoms with Crippen LogP contribution in [0.1, 0.15) is 37.8 Å². The standard InChI is InChI=1S/C20H22N4O3/c1-13-17(20(26)27-3)14(2)22-18(13)19(25)21-11-9-15-10-12-24(23-15)16-7-5-4-6-8-16/h4-8,10,12,22H,9,11H2,1-3H3,(H,21,25). The van der Waals surface area contributed by atoms with Gasteiger partial charge in [0.2, 0.25) is 0 Å². The average Bonchev–Trinajstić information content (AvgIpc) is 3.26. The maximum Gasteiger partial charge on any atom is 0.339 e. The van der Waals surface area contributed by atoms with Crippen molar-refractivity contribution >= 4 is 11.9 Å². The number of aromatic amines is 1. The van der Waals surface area contributed by atoms with Crippen LogP contribution in [0, 0.1) is 13.8 Å². The summed E-state index contributed by atoms with van der Waals surface area (Å²) in [6.45, 7) is 3.91. The Balaban J connectivity index is 1.61. The second-order valence-electron chi connectivity index (χ2n) is 6.21. The third-order valence-corrected chi connectivity index (χ3v) is 4.39. The molecule has 0 aliphatic carbocycles. The number of benzene rings is 1. The van der Waals surface area contributed by atoms with Crippen LogP contribution in [0.2, 0.25) is 0 Å². The minimum atomic E-state index is -0.452. The minimum Gasteiger partial charge on any atom is -0.465 e. The van der Waals surface area contributed by atoms with Crippen LogP contribution >= 0.6 is 0 Å². The number of esters is 1. The van der Waals surface area contributed by atoms with Crippen LogP contribution < -0.4 is 5.32 Å². The van der Waals surface area contributed by atoms with Crippen molar-refractivity contribution in [2.24, 2.45) is 0 Å². The Morgan fingerprint density at radius 1 is 1.19 bits per heavy atom. The Bertz CT molecular complexity index is 957. The number of para-hydroxylation sites is 1. The van der Waals surface area contributed by atoms with E-state index in [-0.39, 0.29) is 5.91 Å². The lowest BCUT2D eigenvalue weighted by Gasteiger charge is -2.04. The van der Waals surface area contributed by atoms with Crippen molar-refractivity contribution in [2.45, 2.75) is 20.3 Å². The van der Waals surface area contributed by atoms with Crippen LogP contribution in [-0.2, 0) is 11.2 Å². The van der Waals surface area contributed by atoms with E-state index in [1.807, 2.05) is 42.6 Å². The maximum atomic E-state index is 12.4. The molecule has 0 radical (unpaired) electrons. The van der Waals surface area contributed by atoms with E-state index < -0.39 is 5.97 Å². The SMILES string of the molecule is COC(=O)c1c(C)[nH]c(C(=O)NCCc2ccn(-c3ccccc3)n2)c1C. The average molecular weight is 366 g/mol. The highest BCUT2D eigenvalue weighted by atomic mass is 16.5. The Morgan fingerprint density at radius 2 is 1.93 bits per heavy atom. The van der Waals surface area contributed by atoms with E-state index in [0.717, 1.165) is 11.4 Å². The number of nitrogens with one attached hydrogen (secondary N) is 2. The first-order chi connectivity index (χ1) is 13.0. The molecule has 0 atom stereocenters. The molecule has 27 heavy (non-hydrogen) atoms. The predicted octanol–water partition coefficient (Wildman–Crippen LogP) is 2.58. The molecule has 140 valence electrons.